The first-order chi connectivity index (χ1) is 19.1. The molecule has 1 aliphatic heterocycles. The Balaban J connectivity index is 1.31. The van der Waals surface area contributed by atoms with Gasteiger partial charge in [0.05, 0.1) is 36.3 Å². The molecule has 3 amide bonds. The maximum atomic E-state index is 12.9. The maximum Gasteiger partial charge on any atom is 0.405 e. The Morgan fingerprint density at radius 2 is 1.95 bits per heavy atom. The Kier molecular flexibility index (Phi) is 7.12. The third-order valence-electron chi connectivity index (χ3n) is 6.60. The second kappa shape index (κ2) is 10.7. The Hall–Kier alpha value is -4.93. The fourth-order valence-corrected chi connectivity index (χ4v) is 4.48. The molecule has 0 bridgehead atoms. The van der Waals surface area contributed by atoms with Crippen molar-refractivity contribution in [1.82, 2.24) is 34.6 Å². The summed E-state index contributed by atoms with van der Waals surface area (Å²) < 4.78 is 40.2. The van der Waals surface area contributed by atoms with Crippen LogP contribution in [-0.4, -0.2) is 67.0 Å². The van der Waals surface area contributed by atoms with Crippen molar-refractivity contribution in [2.45, 2.75) is 25.6 Å². The third-order valence-corrected chi connectivity index (χ3v) is 6.60. The van der Waals surface area contributed by atoms with E-state index in [-0.39, 0.29) is 11.8 Å². The van der Waals surface area contributed by atoms with Crippen LogP contribution in [0.25, 0.3) is 28.0 Å². The van der Waals surface area contributed by atoms with Crippen LogP contribution in [0.3, 0.4) is 0 Å². The van der Waals surface area contributed by atoms with Gasteiger partial charge in [0.15, 0.2) is 5.65 Å². The van der Waals surface area contributed by atoms with Gasteiger partial charge in [-0.05, 0) is 31.5 Å². The molecule has 1 fully saturated rings. The number of carbonyl (C=O) groups is 2. The lowest BCUT2D eigenvalue weighted by Crippen LogP contribution is -2.36. The van der Waals surface area contributed by atoms with Gasteiger partial charge in [0, 0.05) is 41.7 Å². The molecule has 3 aromatic heterocycles. The van der Waals surface area contributed by atoms with Crippen LogP contribution in [-0.2, 0) is 4.79 Å². The van der Waals surface area contributed by atoms with Gasteiger partial charge in [0.25, 0.3) is 0 Å². The predicted octanol–water partition coefficient (Wildman–Crippen LogP) is 3.88. The average Bonchev–Trinajstić information content (AvgIpc) is 3.70. The summed E-state index contributed by atoms with van der Waals surface area (Å²) in [4.78, 5) is 30.8. The van der Waals surface area contributed by atoms with E-state index in [1.807, 2.05) is 6.07 Å². The van der Waals surface area contributed by atoms with Gasteiger partial charge in [-0.1, -0.05) is 12.1 Å². The minimum absolute atomic E-state index is 0.0894. The van der Waals surface area contributed by atoms with E-state index in [4.69, 9.17) is 5.26 Å². The molecule has 2 atom stereocenters. The quantitative estimate of drug-likeness (QED) is 0.374. The second-order valence-electron chi connectivity index (χ2n) is 9.45. The predicted molar refractivity (Wildman–Crippen MR) is 138 cm³/mol. The number of urea groups is 1. The number of amides is 3. The van der Waals surface area contributed by atoms with Crippen molar-refractivity contribution in [1.29, 1.82) is 5.26 Å². The molecule has 1 saturated heterocycles. The fourth-order valence-electron chi connectivity index (χ4n) is 4.48. The lowest BCUT2D eigenvalue weighted by molar-refractivity contribution is -0.133. The van der Waals surface area contributed by atoms with E-state index in [0.29, 0.717) is 42.1 Å². The Morgan fingerprint density at radius 3 is 2.70 bits per heavy atom. The Morgan fingerprint density at radius 1 is 1.15 bits per heavy atom. The molecule has 4 heterocycles. The highest BCUT2D eigenvalue weighted by atomic mass is 19.4. The molecule has 1 aliphatic rings. The summed E-state index contributed by atoms with van der Waals surface area (Å²) in [5, 5.41) is 22.1. The van der Waals surface area contributed by atoms with Gasteiger partial charge < -0.3 is 15.5 Å². The monoisotopic (exact) mass is 551 g/mol. The SMILES string of the molecule is CC(C(=O)N1CCC(C#N)C1)n1cc(-c2cnn3c(-c4cccc(NC(=O)NCC(F)(F)F)c4)cnc3c2)cn1. The van der Waals surface area contributed by atoms with Gasteiger partial charge in [-0.2, -0.15) is 28.6 Å². The molecule has 0 saturated carbocycles. The number of carbonyl (C=O) groups excluding carboxylic acids is 2. The molecule has 0 spiro atoms. The molecule has 40 heavy (non-hydrogen) atoms. The molecule has 0 aliphatic carbocycles. The maximum absolute atomic E-state index is 12.9. The van der Waals surface area contributed by atoms with Gasteiger partial charge in [0.1, 0.15) is 12.6 Å². The molecular formula is C26H24F3N9O2. The van der Waals surface area contributed by atoms with Crippen LogP contribution in [0.1, 0.15) is 19.4 Å². The largest absolute Gasteiger partial charge is 0.405 e. The van der Waals surface area contributed by atoms with Crippen LogP contribution >= 0.6 is 0 Å². The molecule has 5 rings (SSSR count). The summed E-state index contributed by atoms with van der Waals surface area (Å²) in [6.45, 7) is 1.32. The summed E-state index contributed by atoms with van der Waals surface area (Å²) in [6.07, 6.45) is 2.81. The zero-order chi connectivity index (χ0) is 28.4. The van der Waals surface area contributed by atoms with Crippen molar-refractivity contribution in [3.05, 3.63) is 55.1 Å². The number of alkyl halides is 3. The van der Waals surface area contributed by atoms with Crippen molar-refractivity contribution in [3.8, 4) is 28.5 Å². The van der Waals surface area contributed by atoms with Crippen molar-refractivity contribution in [3.63, 3.8) is 0 Å². The number of nitriles is 1. The summed E-state index contributed by atoms with van der Waals surface area (Å²) in [7, 11) is 0. The van der Waals surface area contributed by atoms with Crippen LogP contribution in [0.15, 0.2) is 55.1 Å². The van der Waals surface area contributed by atoms with Crippen molar-refractivity contribution in [2.24, 2.45) is 5.92 Å². The number of imidazole rings is 1. The Labute approximate surface area is 226 Å². The molecule has 14 heteroatoms. The number of hydrogen-bond donors (Lipinski definition) is 2. The smallest absolute Gasteiger partial charge is 0.339 e. The fraction of sp³-hybridized carbons (Fsp3) is 0.308. The van der Waals surface area contributed by atoms with E-state index < -0.39 is 24.8 Å². The first-order valence-corrected chi connectivity index (χ1v) is 12.4. The number of nitrogens with zero attached hydrogens (tertiary/aromatic N) is 7. The second-order valence-corrected chi connectivity index (χ2v) is 9.45. The van der Waals surface area contributed by atoms with Crippen LogP contribution in [0.2, 0.25) is 0 Å². The van der Waals surface area contributed by atoms with Crippen LogP contribution in [0, 0.1) is 17.2 Å². The molecule has 1 aromatic carbocycles. The van der Waals surface area contributed by atoms with Crippen molar-refractivity contribution >= 4 is 23.3 Å². The molecule has 4 aromatic rings. The van der Waals surface area contributed by atoms with Gasteiger partial charge >= 0.3 is 12.2 Å². The van der Waals surface area contributed by atoms with Crippen LogP contribution in [0.4, 0.5) is 23.7 Å². The number of benzene rings is 1. The average molecular weight is 552 g/mol. The highest BCUT2D eigenvalue weighted by Gasteiger charge is 2.30. The lowest BCUT2D eigenvalue weighted by Gasteiger charge is -2.20. The van der Waals surface area contributed by atoms with Crippen LogP contribution < -0.4 is 10.6 Å². The number of nitrogens with one attached hydrogen (secondary N) is 2. The number of aromatic nitrogens is 5. The number of halogens is 3. The van der Waals surface area contributed by atoms with E-state index in [2.05, 4.69) is 26.6 Å². The molecule has 2 unspecified atom stereocenters. The summed E-state index contributed by atoms with van der Waals surface area (Å²) in [5.41, 5.74) is 3.56. The summed E-state index contributed by atoms with van der Waals surface area (Å²) in [6, 6.07) is 9.10. The number of hydrogen-bond acceptors (Lipinski definition) is 6. The van der Waals surface area contributed by atoms with Crippen molar-refractivity contribution < 1.29 is 22.8 Å². The highest BCUT2D eigenvalue weighted by molar-refractivity contribution is 5.90. The van der Waals surface area contributed by atoms with E-state index >= 15 is 0 Å². The number of rotatable bonds is 6. The zero-order valence-corrected chi connectivity index (χ0v) is 21.3. The van der Waals surface area contributed by atoms with E-state index in [1.165, 1.54) is 0 Å². The number of likely N-dealkylation sites (tertiary alicyclic amines) is 1. The topological polar surface area (TPSA) is 133 Å². The number of fused-ring (bicyclic) bond motifs is 1. The minimum atomic E-state index is -4.51. The van der Waals surface area contributed by atoms with Crippen LogP contribution in [0.5, 0.6) is 0 Å². The first kappa shape index (κ1) is 26.7. The van der Waals surface area contributed by atoms with Crippen molar-refractivity contribution in [2.75, 3.05) is 25.0 Å². The van der Waals surface area contributed by atoms with Gasteiger partial charge in [0.2, 0.25) is 5.91 Å². The lowest BCUT2D eigenvalue weighted by atomic mass is 10.1. The van der Waals surface area contributed by atoms with Gasteiger partial charge in [-0.25, -0.2) is 14.3 Å². The minimum Gasteiger partial charge on any atom is -0.339 e. The summed E-state index contributed by atoms with van der Waals surface area (Å²) in [5.74, 6) is -0.225. The molecule has 206 valence electrons. The molecular weight excluding hydrogens is 527 g/mol. The molecule has 2 N–H and O–H groups in total. The first-order valence-electron chi connectivity index (χ1n) is 12.4. The molecule has 0 radical (unpaired) electrons. The third kappa shape index (κ3) is 5.73. The zero-order valence-electron chi connectivity index (χ0n) is 21.3. The van der Waals surface area contributed by atoms with Gasteiger partial charge in [-0.15, -0.1) is 0 Å². The Bertz CT molecular complexity index is 1600. The highest BCUT2D eigenvalue weighted by Crippen LogP contribution is 2.27. The molecule has 11 nitrogen and oxygen atoms in total. The normalized spacial score (nSPS) is 16.1. The summed E-state index contributed by atoms with van der Waals surface area (Å²) >= 11 is 0. The van der Waals surface area contributed by atoms with E-state index in [1.54, 1.807) is 75.4 Å². The van der Waals surface area contributed by atoms with Gasteiger partial charge in [-0.3, -0.25) is 9.48 Å². The number of anilines is 1. The van der Waals surface area contributed by atoms with E-state index in [9.17, 15) is 22.8 Å². The standard InChI is InChI=1S/C26H24F3N9O2/c1-16(24(39)36-6-5-17(9-30)13-36)37-14-20(11-33-37)19-8-23-31-12-22(38(23)34-10-19)18-3-2-4-21(7-18)35-25(40)32-15-26(27,28)29/h2-4,7-8,10-12,14,16-17H,5-6,13,15H2,1H3,(H2,32,35,40). The van der Waals surface area contributed by atoms with E-state index in [0.717, 1.165) is 11.1 Å².